The summed E-state index contributed by atoms with van der Waals surface area (Å²) in [6.07, 6.45) is 0. The molecule has 0 aliphatic carbocycles. The van der Waals surface area contributed by atoms with E-state index in [4.69, 9.17) is 22.0 Å². The van der Waals surface area contributed by atoms with Crippen LogP contribution in [0.3, 0.4) is 0 Å². The summed E-state index contributed by atoms with van der Waals surface area (Å²) in [5.41, 5.74) is 1.32. The molecule has 0 aliphatic heterocycles. The van der Waals surface area contributed by atoms with Crippen molar-refractivity contribution in [2.75, 3.05) is 11.9 Å². The Labute approximate surface area is 130 Å². The Morgan fingerprint density at radius 3 is 2.95 bits per heavy atom. The largest absolute Gasteiger partial charge is 0.384 e. The summed E-state index contributed by atoms with van der Waals surface area (Å²) in [5.74, 6) is 4.86. The molecule has 0 saturated heterocycles. The van der Waals surface area contributed by atoms with Gasteiger partial charge < -0.3 is 10.4 Å². The van der Waals surface area contributed by atoms with E-state index in [1.807, 2.05) is 6.07 Å². The molecule has 6 heteroatoms. The van der Waals surface area contributed by atoms with Crippen molar-refractivity contribution >= 4 is 34.5 Å². The van der Waals surface area contributed by atoms with Gasteiger partial charge >= 0.3 is 0 Å². The van der Waals surface area contributed by atoms with Crippen molar-refractivity contribution in [3.05, 3.63) is 50.7 Å². The van der Waals surface area contributed by atoms with Crippen molar-refractivity contribution in [1.29, 1.82) is 5.26 Å². The van der Waals surface area contributed by atoms with Crippen molar-refractivity contribution in [3.63, 3.8) is 0 Å². The lowest BCUT2D eigenvalue weighted by molar-refractivity contribution is 0.103. The minimum atomic E-state index is -0.357. The van der Waals surface area contributed by atoms with E-state index in [9.17, 15) is 4.79 Å². The van der Waals surface area contributed by atoms with Crippen molar-refractivity contribution in [2.45, 2.75) is 0 Å². The van der Waals surface area contributed by atoms with Gasteiger partial charge in [-0.25, -0.2) is 0 Å². The van der Waals surface area contributed by atoms with E-state index >= 15 is 0 Å². The van der Waals surface area contributed by atoms with Gasteiger partial charge in [0.05, 0.1) is 22.3 Å². The molecule has 4 nitrogen and oxygen atoms in total. The van der Waals surface area contributed by atoms with Gasteiger partial charge in [-0.2, -0.15) is 5.26 Å². The van der Waals surface area contributed by atoms with E-state index < -0.39 is 0 Å². The van der Waals surface area contributed by atoms with Gasteiger partial charge in [0.1, 0.15) is 11.5 Å². The lowest BCUT2D eigenvalue weighted by Crippen LogP contribution is -2.12. The minimum Gasteiger partial charge on any atom is -0.384 e. The van der Waals surface area contributed by atoms with E-state index in [0.29, 0.717) is 26.7 Å². The maximum Gasteiger partial charge on any atom is 0.267 e. The summed E-state index contributed by atoms with van der Waals surface area (Å²) in [6, 6.07) is 8.32. The Kier molecular flexibility index (Phi) is 4.97. The molecule has 0 spiro atoms. The normalized spacial score (nSPS) is 9.38. The molecule has 0 bridgehead atoms. The minimum absolute atomic E-state index is 0.271. The van der Waals surface area contributed by atoms with E-state index in [2.05, 4.69) is 17.2 Å². The number of amides is 1. The smallest absolute Gasteiger partial charge is 0.267 e. The molecule has 21 heavy (non-hydrogen) atoms. The van der Waals surface area contributed by atoms with Gasteiger partial charge in [0.2, 0.25) is 0 Å². The highest BCUT2D eigenvalue weighted by Crippen LogP contribution is 2.25. The van der Waals surface area contributed by atoms with Crippen LogP contribution in [-0.2, 0) is 0 Å². The van der Waals surface area contributed by atoms with Gasteiger partial charge in [-0.05, 0) is 29.6 Å². The fourth-order valence-electron chi connectivity index (χ4n) is 1.59. The van der Waals surface area contributed by atoms with Crippen LogP contribution >= 0.6 is 22.9 Å². The highest BCUT2D eigenvalue weighted by molar-refractivity contribution is 7.12. The summed E-state index contributed by atoms with van der Waals surface area (Å²) in [4.78, 5) is 12.7. The molecule has 0 aliphatic rings. The first-order chi connectivity index (χ1) is 10.2. The quantitative estimate of drug-likeness (QED) is 0.837. The molecule has 2 rings (SSSR count). The second-order valence-electron chi connectivity index (χ2n) is 3.88. The third-order valence-corrected chi connectivity index (χ3v) is 3.76. The number of nitrogens with one attached hydrogen (secondary N) is 1. The zero-order valence-corrected chi connectivity index (χ0v) is 12.3. The van der Waals surface area contributed by atoms with Gasteiger partial charge in [0, 0.05) is 5.56 Å². The van der Waals surface area contributed by atoms with Crippen LogP contribution in [0.25, 0.3) is 0 Å². The van der Waals surface area contributed by atoms with Gasteiger partial charge in [0.15, 0.2) is 0 Å². The molecule has 2 aromatic rings. The third kappa shape index (κ3) is 3.62. The zero-order chi connectivity index (χ0) is 15.2. The maximum atomic E-state index is 12.2. The molecule has 0 fully saturated rings. The van der Waals surface area contributed by atoms with Crippen LogP contribution in [0.4, 0.5) is 5.69 Å². The van der Waals surface area contributed by atoms with Crippen LogP contribution in [0, 0.1) is 23.2 Å². The fraction of sp³-hybridized carbons (Fsp3) is 0.0667. The van der Waals surface area contributed by atoms with Gasteiger partial charge in [-0.15, -0.1) is 11.3 Å². The number of rotatable bonds is 2. The first kappa shape index (κ1) is 15.1. The summed E-state index contributed by atoms with van der Waals surface area (Å²) in [5, 5.41) is 22.3. The van der Waals surface area contributed by atoms with Crippen LogP contribution in [0.15, 0.2) is 29.6 Å². The van der Waals surface area contributed by atoms with Crippen LogP contribution < -0.4 is 5.32 Å². The number of anilines is 1. The van der Waals surface area contributed by atoms with Crippen molar-refractivity contribution in [3.8, 4) is 17.9 Å². The first-order valence-electron chi connectivity index (χ1n) is 5.84. The number of carbonyl (C=O) groups is 1. The lowest BCUT2D eigenvalue weighted by atomic mass is 10.2. The number of nitriles is 1. The SMILES string of the molecule is N#Cc1ccc(Cl)c(NC(=O)c2sccc2C#CCO)c1. The highest BCUT2D eigenvalue weighted by atomic mass is 35.5. The molecule has 0 unspecified atom stereocenters. The topological polar surface area (TPSA) is 73.1 Å². The van der Waals surface area contributed by atoms with Crippen molar-refractivity contribution in [2.24, 2.45) is 0 Å². The molecule has 0 atom stereocenters. The summed E-state index contributed by atoms with van der Waals surface area (Å²) in [7, 11) is 0. The Balaban J connectivity index is 2.27. The molecule has 1 aromatic carbocycles. The Morgan fingerprint density at radius 1 is 1.43 bits per heavy atom. The molecule has 1 amide bonds. The Morgan fingerprint density at radius 2 is 2.24 bits per heavy atom. The van der Waals surface area contributed by atoms with E-state index in [-0.39, 0.29) is 12.5 Å². The number of nitrogens with zero attached hydrogens (tertiary/aromatic N) is 1. The van der Waals surface area contributed by atoms with Crippen molar-refractivity contribution < 1.29 is 9.90 Å². The average molecular weight is 317 g/mol. The molecule has 0 saturated carbocycles. The van der Waals surface area contributed by atoms with Gasteiger partial charge in [-0.3, -0.25) is 4.79 Å². The summed E-state index contributed by atoms with van der Waals surface area (Å²) >= 11 is 7.24. The van der Waals surface area contributed by atoms with Crippen LogP contribution in [0.5, 0.6) is 0 Å². The highest BCUT2D eigenvalue weighted by Gasteiger charge is 2.14. The summed E-state index contributed by atoms with van der Waals surface area (Å²) < 4.78 is 0. The molecule has 2 N–H and O–H groups in total. The van der Waals surface area contributed by atoms with Crippen LogP contribution in [0.1, 0.15) is 20.8 Å². The van der Waals surface area contributed by atoms with Crippen LogP contribution in [-0.4, -0.2) is 17.6 Å². The second kappa shape index (κ2) is 6.92. The summed E-state index contributed by atoms with van der Waals surface area (Å²) in [6.45, 7) is -0.271. The number of hydrogen-bond acceptors (Lipinski definition) is 4. The van der Waals surface area contributed by atoms with E-state index in [0.717, 1.165) is 0 Å². The first-order valence-corrected chi connectivity index (χ1v) is 7.09. The molecule has 1 heterocycles. The number of aliphatic hydroxyl groups is 1. The molecular weight excluding hydrogens is 308 g/mol. The van der Waals surface area contributed by atoms with Crippen LogP contribution in [0.2, 0.25) is 5.02 Å². The number of aliphatic hydroxyl groups excluding tert-OH is 1. The zero-order valence-electron chi connectivity index (χ0n) is 10.7. The monoisotopic (exact) mass is 316 g/mol. The van der Waals surface area contributed by atoms with Gasteiger partial charge in [0.25, 0.3) is 5.91 Å². The number of halogens is 1. The van der Waals surface area contributed by atoms with E-state index in [1.54, 1.807) is 23.6 Å². The molecule has 0 radical (unpaired) electrons. The maximum absolute atomic E-state index is 12.2. The van der Waals surface area contributed by atoms with Gasteiger partial charge in [-0.1, -0.05) is 23.4 Å². The van der Waals surface area contributed by atoms with Crippen molar-refractivity contribution in [1.82, 2.24) is 0 Å². The number of thiophene rings is 1. The Hall–Kier alpha value is -2.31. The molecule has 104 valence electrons. The standard InChI is InChI=1S/C15H9ClN2O2S/c16-12-4-3-10(9-17)8-13(12)18-15(20)14-11(2-1-6-19)5-7-21-14/h3-5,7-8,19H,6H2,(H,18,20). The predicted molar refractivity (Wildman–Crippen MR) is 82.4 cm³/mol. The van der Waals surface area contributed by atoms with E-state index in [1.165, 1.54) is 17.4 Å². The number of benzene rings is 1. The third-order valence-electron chi connectivity index (χ3n) is 2.52. The Bertz CT molecular complexity index is 781. The molecule has 1 aromatic heterocycles. The average Bonchev–Trinajstić information content (AvgIpc) is 2.95. The predicted octanol–water partition coefficient (Wildman–Crippen LogP) is 2.87. The molecular formula is C15H9ClN2O2S. The fourth-order valence-corrected chi connectivity index (χ4v) is 2.50. The lowest BCUT2D eigenvalue weighted by Gasteiger charge is -2.06. The number of hydrogen-bond donors (Lipinski definition) is 2. The number of carbonyl (C=O) groups excluding carboxylic acids is 1. The second-order valence-corrected chi connectivity index (χ2v) is 5.21.